The molecule has 1 unspecified atom stereocenters. The fourth-order valence-corrected chi connectivity index (χ4v) is 3.33. The number of carbonyl (C=O) groups is 2. The first-order valence-electron chi connectivity index (χ1n) is 9.02. The maximum atomic E-state index is 12.1. The molecule has 148 valence electrons. The van der Waals surface area contributed by atoms with Gasteiger partial charge in [0.05, 0.1) is 22.7 Å². The number of nitrogens with two attached hydrogens (primary N) is 1. The van der Waals surface area contributed by atoms with E-state index in [-0.39, 0.29) is 12.1 Å². The van der Waals surface area contributed by atoms with Crippen LogP contribution in [0.5, 0.6) is 0 Å². The van der Waals surface area contributed by atoms with Gasteiger partial charge in [0.1, 0.15) is 0 Å². The average Bonchev–Trinajstić information content (AvgIpc) is 3.26. The largest absolute Gasteiger partial charge is 0.369 e. The Hall–Kier alpha value is -4.21. The highest BCUT2D eigenvalue weighted by atomic mass is 16.3. The second kappa shape index (κ2) is 6.99. The predicted octanol–water partition coefficient (Wildman–Crippen LogP) is 0.336. The second-order valence-electron chi connectivity index (χ2n) is 6.97. The molecule has 1 atom stereocenters. The molecule has 1 aliphatic heterocycles. The Balaban J connectivity index is 1.84. The predicted molar refractivity (Wildman–Crippen MR) is 106 cm³/mol. The summed E-state index contributed by atoms with van der Waals surface area (Å²) >= 11 is 0. The van der Waals surface area contributed by atoms with Gasteiger partial charge < -0.3 is 15.7 Å². The Bertz CT molecular complexity index is 1310. The van der Waals surface area contributed by atoms with Gasteiger partial charge >= 0.3 is 0 Å². The number of likely N-dealkylation sites (tertiary alicyclic amines) is 1. The van der Waals surface area contributed by atoms with Gasteiger partial charge in [-0.25, -0.2) is 9.67 Å². The number of pyridine rings is 1. The van der Waals surface area contributed by atoms with Gasteiger partial charge in [-0.2, -0.15) is 10.4 Å². The number of aliphatic hydroxyl groups is 1. The maximum Gasteiger partial charge on any atom is 0.269 e. The highest BCUT2D eigenvalue weighted by Crippen LogP contribution is 2.23. The molecule has 0 radical (unpaired) electrons. The van der Waals surface area contributed by atoms with Crippen molar-refractivity contribution in [3.05, 3.63) is 53.3 Å². The van der Waals surface area contributed by atoms with Crippen LogP contribution in [-0.2, 0) is 4.79 Å². The van der Waals surface area contributed by atoms with Crippen molar-refractivity contribution < 1.29 is 14.7 Å². The lowest BCUT2D eigenvalue weighted by Gasteiger charge is -2.13. The summed E-state index contributed by atoms with van der Waals surface area (Å²) in [5, 5.41) is 24.7. The lowest BCUT2D eigenvalue weighted by atomic mass is 10.0. The summed E-state index contributed by atoms with van der Waals surface area (Å²) in [6, 6.07) is 10.1. The molecule has 0 spiro atoms. The van der Waals surface area contributed by atoms with Crippen LogP contribution in [0.15, 0.2) is 36.5 Å². The summed E-state index contributed by atoms with van der Waals surface area (Å²) in [4.78, 5) is 29.6. The molecule has 3 aromatic rings. The van der Waals surface area contributed by atoms with Crippen molar-refractivity contribution in [2.75, 3.05) is 13.6 Å². The van der Waals surface area contributed by atoms with E-state index in [0.29, 0.717) is 34.4 Å². The number of amides is 2. The SMILES string of the molecule is CN1CCC(O)(C#Cc2cc(C#N)cc(-n3nc(C(N)=O)c4cccnc43)c2)C1=O. The van der Waals surface area contributed by atoms with E-state index in [0.717, 1.165) is 0 Å². The fraction of sp³-hybridized carbons (Fsp3) is 0.190. The van der Waals surface area contributed by atoms with Crippen LogP contribution in [-0.4, -0.2) is 55.8 Å². The number of fused-ring (bicyclic) bond motifs is 1. The molecule has 30 heavy (non-hydrogen) atoms. The van der Waals surface area contributed by atoms with Crippen molar-refractivity contribution >= 4 is 22.8 Å². The van der Waals surface area contributed by atoms with Gasteiger partial charge in [0.2, 0.25) is 5.60 Å². The molecule has 0 aliphatic carbocycles. The summed E-state index contributed by atoms with van der Waals surface area (Å²) in [6.45, 7) is 0.411. The minimum absolute atomic E-state index is 0.0574. The third-order valence-corrected chi connectivity index (χ3v) is 4.89. The van der Waals surface area contributed by atoms with Crippen LogP contribution < -0.4 is 5.73 Å². The number of benzene rings is 1. The minimum Gasteiger partial charge on any atom is -0.369 e. The first-order valence-corrected chi connectivity index (χ1v) is 9.02. The van der Waals surface area contributed by atoms with Crippen molar-refractivity contribution in [3.63, 3.8) is 0 Å². The van der Waals surface area contributed by atoms with E-state index < -0.39 is 17.4 Å². The first-order chi connectivity index (χ1) is 14.3. The van der Waals surface area contributed by atoms with Gasteiger partial charge in [0.25, 0.3) is 11.8 Å². The number of primary amides is 1. The number of hydrogen-bond acceptors (Lipinski definition) is 6. The Kier molecular flexibility index (Phi) is 4.46. The number of likely N-dealkylation sites (N-methyl/N-ethyl adjacent to an activating group) is 1. The zero-order valence-corrected chi connectivity index (χ0v) is 16.0. The lowest BCUT2D eigenvalue weighted by molar-refractivity contribution is -0.137. The zero-order valence-electron chi connectivity index (χ0n) is 16.0. The molecular formula is C21H16N6O3. The zero-order chi connectivity index (χ0) is 21.5. The molecule has 0 saturated carbocycles. The number of nitrogens with zero attached hydrogens (tertiary/aromatic N) is 5. The normalized spacial score (nSPS) is 18.2. The molecule has 1 aromatic carbocycles. The molecular weight excluding hydrogens is 384 g/mol. The fourth-order valence-electron chi connectivity index (χ4n) is 3.33. The standard InChI is InChI=1S/C21H16N6O3/c1-26-8-6-21(30,20(26)29)5-4-13-9-14(12-22)11-15(10-13)27-19-16(3-2-7-24-19)17(25-27)18(23)28/h2-3,7,9-11,30H,6,8H2,1H3,(H2,23,28). The van der Waals surface area contributed by atoms with E-state index in [9.17, 15) is 20.0 Å². The number of rotatable bonds is 2. The number of nitriles is 1. The summed E-state index contributed by atoms with van der Waals surface area (Å²) in [6.07, 6.45) is 1.76. The van der Waals surface area contributed by atoms with Crippen molar-refractivity contribution in [2.24, 2.45) is 5.73 Å². The highest BCUT2D eigenvalue weighted by molar-refractivity contribution is 6.03. The van der Waals surface area contributed by atoms with Gasteiger partial charge in [-0.1, -0.05) is 11.8 Å². The summed E-state index contributed by atoms with van der Waals surface area (Å²) in [7, 11) is 1.60. The summed E-state index contributed by atoms with van der Waals surface area (Å²) in [5.41, 5.74) is 5.27. The smallest absolute Gasteiger partial charge is 0.269 e. The monoisotopic (exact) mass is 400 g/mol. The van der Waals surface area contributed by atoms with E-state index in [1.54, 1.807) is 37.5 Å². The molecule has 2 amide bonds. The lowest BCUT2D eigenvalue weighted by Crippen LogP contribution is -2.37. The Morgan fingerprint density at radius 2 is 2.10 bits per heavy atom. The van der Waals surface area contributed by atoms with E-state index >= 15 is 0 Å². The Morgan fingerprint density at radius 3 is 2.77 bits per heavy atom. The molecule has 0 bridgehead atoms. The Morgan fingerprint density at radius 1 is 1.33 bits per heavy atom. The average molecular weight is 400 g/mol. The van der Waals surface area contributed by atoms with Crippen molar-refractivity contribution in [3.8, 4) is 23.6 Å². The van der Waals surface area contributed by atoms with Crippen LogP contribution in [0, 0.1) is 23.2 Å². The van der Waals surface area contributed by atoms with Crippen LogP contribution in [0.3, 0.4) is 0 Å². The first kappa shape index (κ1) is 19.1. The van der Waals surface area contributed by atoms with Crippen molar-refractivity contribution in [2.45, 2.75) is 12.0 Å². The molecule has 1 aliphatic rings. The molecule has 1 fully saturated rings. The maximum absolute atomic E-state index is 12.1. The number of aromatic nitrogens is 3. The summed E-state index contributed by atoms with van der Waals surface area (Å²) in [5.74, 6) is 4.26. The number of carbonyl (C=O) groups excluding carboxylic acids is 2. The third-order valence-electron chi connectivity index (χ3n) is 4.89. The molecule has 2 aromatic heterocycles. The van der Waals surface area contributed by atoms with E-state index in [2.05, 4.69) is 21.9 Å². The van der Waals surface area contributed by atoms with Crippen LogP contribution >= 0.6 is 0 Å². The van der Waals surface area contributed by atoms with E-state index in [1.807, 2.05) is 6.07 Å². The van der Waals surface area contributed by atoms with Gasteiger partial charge in [-0.3, -0.25) is 9.59 Å². The van der Waals surface area contributed by atoms with Gasteiger partial charge in [0, 0.05) is 31.8 Å². The van der Waals surface area contributed by atoms with Crippen LogP contribution in [0.1, 0.15) is 28.0 Å². The van der Waals surface area contributed by atoms with E-state index in [1.165, 1.54) is 15.6 Å². The molecule has 3 heterocycles. The van der Waals surface area contributed by atoms with Gasteiger partial charge in [-0.05, 0) is 30.3 Å². The van der Waals surface area contributed by atoms with E-state index in [4.69, 9.17) is 5.73 Å². The van der Waals surface area contributed by atoms with Crippen LogP contribution in [0.25, 0.3) is 16.7 Å². The second-order valence-corrected chi connectivity index (χ2v) is 6.97. The summed E-state index contributed by atoms with van der Waals surface area (Å²) < 4.78 is 1.41. The highest BCUT2D eigenvalue weighted by Gasteiger charge is 2.42. The molecule has 9 nitrogen and oxygen atoms in total. The number of hydrogen-bond donors (Lipinski definition) is 2. The van der Waals surface area contributed by atoms with Crippen LogP contribution in [0.2, 0.25) is 0 Å². The minimum atomic E-state index is -1.75. The Labute approximate surface area is 171 Å². The molecule has 3 N–H and O–H groups in total. The van der Waals surface area contributed by atoms with Crippen molar-refractivity contribution in [1.29, 1.82) is 5.26 Å². The van der Waals surface area contributed by atoms with Gasteiger partial charge in [0.15, 0.2) is 11.3 Å². The quantitative estimate of drug-likeness (QED) is 0.595. The topological polar surface area (TPSA) is 138 Å². The van der Waals surface area contributed by atoms with Crippen LogP contribution in [0.4, 0.5) is 0 Å². The molecule has 9 heteroatoms. The molecule has 1 saturated heterocycles. The third kappa shape index (κ3) is 3.13. The van der Waals surface area contributed by atoms with Gasteiger partial charge in [-0.15, -0.1) is 0 Å². The van der Waals surface area contributed by atoms with Crippen molar-refractivity contribution in [1.82, 2.24) is 19.7 Å². The molecule has 4 rings (SSSR count).